The molecule has 5 heteroatoms. The van der Waals surface area contributed by atoms with Crippen LogP contribution in [-0.4, -0.2) is 19.3 Å². The van der Waals surface area contributed by atoms with Crippen molar-refractivity contribution in [1.29, 1.82) is 0 Å². The predicted octanol–water partition coefficient (Wildman–Crippen LogP) is 5.62. The van der Waals surface area contributed by atoms with E-state index in [0.717, 1.165) is 22.6 Å². The van der Waals surface area contributed by atoms with Gasteiger partial charge in [-0.05, 0) is 41.6 Å². The van der Waals surface area contributed by atoms with Gasteiger partial charge >= 0.3 is 0 Å². The van der Waals surface area contributed by atoms with Gasteiger partial charge in [-0.3, -0.25) is 4.79 Å². The van der Waals surface area contributed by atoms with E-state index >= 15 is 0 Å². The number of amides is 1. The molecule has 1 unspecified atom stereocenters. The van der Waals surface area contributed by atoms with E-state index < -0.39 is 0 Å². The number of nitrogens with one attached hydrogen (secondary N) is 1. The fourth-order valence-corrected chi connectivity index (χ4v) is 4.88. The third-order valence-corrected chi connectivity index (χ3v) is 6.55. The predicted molar refractivity (Wildman–Crippen MR) is 110 cm³/mol. The van der Waals surface area contributed by atoms with Gasteiger partial charge in [-0.25, -0.2) is 0 Å². The minimum Gasteiger partial charge on any atom is -0.497 e. The molecule has 3 nitrogen and oxygen atoms in total. The van der Waals surface area contributed by atoms with Crippen LogP contribution in [0.25, 0.3) is 11.1 Å². The number of carbonyl (C=O) groups is 1. The molecule has 0 radical (unpaired) electrons. The highest BCUT2D eigenvalue weighted by atomic mass is 32.2. The Balaban J connectivity index is 1.74. The molecule has 2 heterocycles. The Kier molecular flexibility index (Phi) is 4.74. The number of hydrogen-bond donors (Lipinski definition) is 1. The van der Waals surface area contributed by atoms with Crippen LogP contribution in [0.15, 0.2) is 58.8 Å². The molecule has 0 spiro atoms. The molecule has 0 bridgehead atoms. The number of thioether (sulfide) groups is 1. The highest BCUT2D eigenvalue weighted by Crippen LogP contribution is 2.46. The monoisotopic (exact) mass is 381 g/mol. The van der Waals surface area contributed by atoms with Gasteiger partial charge in [-0.2, -0.15) is 0 Å². The summed E-state index contributed by atoms with van der Waals surface area (Å²) in [5, 5.41) is 5.23. The van der Waals surface area contributed by atoms with Crippen molar-refractivity contribution in [3.63, 3.8) is 0 Å². The smallest absolute Gasteiger partial charge is 0.225 e. The molecule has 26 heavy (non-hydrogen) atoms. The van der Waals surface area contributed by atoms with E-state index in [1.807, 2.05) is 24.3 Å². The van der Waals surface area contributed by atoms with Crippen molar-refractivity contribution in [2.45, 2.75) is 17.2 Å². The lowest BCUT2D eigenvalue weighted by atomic mass is 9.89. The Morgan fingerprint density at radius 3 is 2.50 bits per heavy atom. The number of anilines is 1. The number of methoxy groups -OCH3 is 1. The summed E-state index contributed by atoms with van der Waals surface area (Å²) in [7, 11) is 1.66. The van der Waals surface area contributed by atoms with Crippen molar-refractivity contribution < 1.29 is 9.53 Å². The van der Waals surface area contributed by atoms with Gasteiger partial charge < -0.3 is 10.1 Å². The number of carbonyl (C=O) groups excluding carboxylic acids is 1. The highest BCUT2D eigenvalue weighted by molar-refractivity contribution is 7.98. The van der Waals surface area contributed by atoms with Crippen molar-refractivity contribution in [2.75, 3.05) is 18.7 Å². The first-order valence-electron chi connectivity index (χ1n) is 8.39. The molecule has 2 aromatic carbocycles. The van der Waals surface area contributed by atoms with E-state index in [4.69, 9.17) is 4.74 Å². The lowest BCUT2D eigenvalue weighted by molar-refractivity contribution is -0.116. The molecule has 1 N–H and O–H groups in total. The minimum absolute atomic E-state index is 0.0737. The number of benzene rings is 2. The molecule has 0 fully saturated rings. The Morgan fingerprint density at radius 1 is 1.12 bits per heavy atom. The van der Waals surface area contributed by atoms with Crippen LogP contribution >= 0.6 is 23.1 Å². The summed E-state index contributed by atoms with van der Waals surface area (Å²) in [6.07, 6.45) is 2.57. The Labute approximate surface area is 161 Å². The molecule has 132 valence electrons. The van der Waals surface area contributed by atoms with Crippen LogP contribution in [0.5, 0.6) is 5.75 Å². The van der Waals surface area contributed by atoms with Crippen LogP contribution in [0.1, 0.15) is 22.8 Å². The van der Waals surface area contributed by atoms with Crippen molar-refractivity contribution in [3.8, 4) is 16.9 Å². The van der Waals surface area contributed by atoms with Crippen LogP contribution in [-0.2, 0) is 4.79 Å². The standard InChI is InChI=1S/C21H19NO2S2/c1-24-15-7-3-14(4-8-15)18-12-26-21-17(11-19(23)22-20(18)21)13-5-9-16(25-2)10-6-13/h3-10,12,17H,11H2,1-2H3,(H,22,23). The fraction of sp³-hybridized carbons (Fsp3) is 0.190. The van der Waals surface area contributed by atoms with E-state index in [1.165, 1.54) is 15.3 Å². The van der Waals surface area contributed by atoms with Crippen molar-refractivity contribution >= 4 is 34.7 Å². The van der Waals surface area contributed by atoms with Gasteiger partial charge in [0.05, 0.1) is 12.8 Å². The van der Waals surface area contributed by atoms with Gasteiger partial charge in [0.2, 0.25) is 5.91 Å². The van der Waals surface area contributed by atoms with E-state index in [9.17, 15) is 4.79 Å². The summed E-state index contributed by atoms with van der Waals surface area (Å²) in [4.78, 5) is 14.8. The van der Waals surface area contributed by atoms with Crippen molar-refractivity contribution in [3.05, 3.63) is 64.4 Å². The van der Waals surface area contributed by atoms with Gasteiger partial charge in [0.15, 0.2) is 0 Å². The highest BCUT2D eigenvalue weighted by Gasteiger charge is 2.30. The number of ether oxygens (including phenoxy) is 1. The second kappa shape index (κ2) is 7.17. The van der Waals surface area contributed by atoms with Crippen molar-refractivity contribution in [1.82, 2.24) is 0 Å². The van der Waals surface area contributed by atoms with E-state index in [2.05, 4.69) is 41.2 Å². The quantitative estimate of drug-likeness (QED) is 0.596. The third kappa shape index (κ3) is 3.13. The molecule has 1 aliphatic rings. The van der Waals surface area contributed by atoms with E-state index in [0.29, 0.717) is 6.42 Å². The molecule has 1 aliphatic heterocycles. The number of thiophene rings is 1. The zero-order valence-electron chi connectivity index (χ0n) is 14.6. The number of fused-ring (bicyclic) bond motifs is 1. The SMILES string of the molecule is COc1ccc(-c2csc3c2NC(=O)CC3c2ccc(SC)cc2)cc1. The maximum absolute atomic E-state index is 12.4. The van der Waals surface area contributed by atoms with Gasteiger partial charge in [-0.1, -0.05) is 24.3 Å². The Morgan fingerprint density at radius 2 is 1.85 bits per heavy atom. The average Bonchev–Trinajstić information content (AvgIpc) is 3.11. The second-order valence-electron chi connectivity index (χ2n) is 6.20. The summed E-state index contributed by atoms with van der Waals surface area (Å²) < 4.78 is 5.24. The lowest BCUT2D eigenvalue weighted by Gasteiger charge is -2.24. The average molecular weight is 382 g/mol. The molecule has 0 aliphatic carbocycles. The topological polar surface area (TPSA) is 38.3 Å². The Bertz CT molecular complexity index is 930. The zero-order valence-corrected chi connectivity index (χ0v) is 16.2. The summed E-state index contributed by atoms with van der Waals surface area (Å²) in [5.41, 5.74) is 4.31. The first-order valence-corrected chi connectivity index (χ1v) is 10.5. The molecule has 0 saturated carbocycles. The summed E-state index contributed by atoms with van der Waals surface area (Å²) in [6.45, 7) is 0. The molecule has 1 aromatic heterocycles. The van der Waals surface area contributed by atoms with Gasteiger partial charge in [0.25, 0.3) is 0 Å². The normalized spacial score (nSPS) is 16.1. The number of hydrogen-bond acceptors (Lipinski definition) is 4. The van der Waals surface area contributed by atoms with Gasteiger partial charge in [0, 0.05) is 33.1 Å². The molecular formula is C21H19NO2S2. The van der Waals surface area contributed by atoms with Gasteiger partial charge in [0.1, 0.15) is 5.75 Å². The second-order valence-corrected chi connectivity index (χ2v) is 7.99. The van der Waals surface area contributed by atoms with E-state index in [1.54, 1.807) is 30.2 Å². The van der Waals surface area contributed by atoms with Crippen LogP contribution in [0, 0.1) is 0 Å². The fourth-order valence-electron chi connectivity index (χ4n) is 3.32. The molecular weight excluding hydrogens is 362 g/mol. The molecule has 1 amide bonds. The number of rotatable bonds is 4. The van der Waals surface area contributed by atoms with Crippen LogP contribution in [0.4, 0.5) is 5.69 Å². The maximum atomic E-state index is 12.4. The van der Waals surface area contributed by atoms with Crippen molar-refractivity contribution in [2.24, 2.45) is 0 Å². The first-order chi connectivity index (χ1) is 12.7. The molecule has 3 aromatic rings. The minimum atomic E-state index is 0.0737. The first kappa shape index (κ1) is 17.2. The van der Waals surface area contributed by atoms with Crippen LogP contribution in [0.2, 0.25) is 0 Å². The lowest BCUT2D eigenvalue weighted by Crippen LogP contribution is -2.22. The maximum Gasteiger partial charge on any atom is 0.225 e. The van der Waals surface area contributed by atoms with E-state index in [-0.39, 0.29) is 11.8 Å². The third-order valence-electron chi connectivity index (χ3n) is 4.71. The summed E-state index contributed by atoms with van der Waals surface area (Å²) >= 11 is 3.45. The van der Waals surface area contributed by atoms with Crippen LogP contribution in [0.3, 0.4) is 0 Å². The molecule has 4 rings (SSSR count). The largest absolute Gasteiger partial charge is 0.497 e. The Hall–Kier alpha value is -2.24. The molecule has 0 saturated heterocycles. The van der Waals surface area contributed by atoms with Crippen LogP contribution < -0.4 is 10.1 Å². The van der Waals surface area contributed by atoms with Gasteiger partial charge in [-0.15, -0.1) is 23.1 Å². The summed E-state index contributed by atoms with van der Waals surface area (Å²) in [5.74, 6) is 1.02. The summed E-state index contributed by atoms with van der Waals surface area (Å²) in [6, 6.07) is 16.5. The molecule has 1 atom stereocenters. The zero-order chi connectivity index (χ0) is 18.1.